The number of rotatable bonds is 6. The molecule has 1 N–H and O–H groups in total. The van der Waals surface area contributed by atoms with E-state index in [9.17, 15) is 0 Å². The molecule has 3 nitrogen and oxygen atoms in total. The van der Waals surface area contributed by atoms with Crippen LogP contribution < -0.4 is 5.32 Å². The van der Waals surface area contributed by atoms with Gasteiger partial charge in [-0.25, -0.2) is 0 Å². The molecule has 2 heterocycles. The number of halogens is 1. The van der Waals surface area contributed by atoms with Crippen molar-refractivity contribution in [1.29, 1.82) is 0 Å². The zero-order valence-corrected chi connectivity index (χ0v) is 17.3. The Morgan fingerprint density at radius 1 is 0.750 bits per heavy atom. The summed E-state index contributed by atoms with van der Waals surface area (Å²) in [4.78, 5) is 0. The monoisotopic (exact) mass is 437 g/mol. The summed E-state index contributed by atoms with van der Waals surface area (Å²) < 4.78 is 13.8. The molecule has 3 aromatic carbocycles. The minimum absolute atomic E-state index is 0.112. The predicted octanol–water partition coefficient (Wildman–Crippen LogP) is 5.21. The first-order chi connectivity index (χ1) is 13.8. The quantitative estimate of drug-likeness (QED) is 0.574. The predicted molar refractivity (Wildman–Crippen MR) is 115 cm³/mol. The van der Waals surface area contributed by atoms with E-state index in [1.807, 2.05) is 0 Å². The summed E-state index contributed by atoms with van der Waals surface area (Å²) in [7, 11) is 0. The molecule has 0 radical (unpaired) electrons. The third kappa shape index (κ3) is 3.74. The Morgan fingerprint density at radius 2 is 1.36 bits per heavy atom. The van der Waals surface area contributed by atoms with Gasteiger partial charge in [-0.1, -0.05) is 64.5 Å². The van der Waals surface area contributed by atoms with Gasteiger partial charge >= 0.3 is 0 Å². The first-order valence-corrected chi connectivity index (χ1v) is 10.8. The summed E-state index contributed by atoms with van der Waals surface area (Å²) in [5.41, 5.74) is 2.41. The molecular formula is C24H24BrNO2. The van der Waals surface area contributed by atoms with E-state index in [2.05, 4.69) is 88.0 Å². The van der Waals surface area contributed by atoms with Crippen molar-refractivity contribution in [2.45, 2.75) is 50.3 Å². The van der Waals surface area contributed by atoms with Crippen molar-refractivity contribution in [3.05, 3.63) is 82.3 Å². The van der Waals surface area contributed by atoms with Crippen LogP contribution in [0.1, 0.15) is 24.0 Å². The topological polar surface area (TPSA) is 30.5 Å². The second-order valence-electron chi connectivity index (χ2n) is 7.82. The fourth-order valence-electron chi connectivity index (χ4n) is 4.49. The molecule has 4 heteroatoms. The molecule has 0 saturated carbocycles. The highest BCUT2D eigenvalue weighted by Gasteiger charge is 2.48. The van der Waals surface area contributed by atoms with E-state index < -0.39 is 0 Å². The summed E-state index contributed by atoms with van der Waals surface area (Å²) in [6.07, 6.45) is 2.57. The average molecular weight is 438 g/mol. The summed E-state index contributed by atoms with van der Waals surface area (Å²) in [5.74, 6) is 0. The lowest BCUT2D eigenvalue weighted by atomic mass is 9.94. The Kier molecular flexibility index (Phi) is 5.20. The molecule has 2 saturated heterocycles. The van der Waals surface area contributed by atoms with E-state index in [0.717, 1.165) is 4.47 Å². The highest BCUT2D eigenvalue weighted by molar-refractivity contribution is 9.10. The van der Waals surface area contributed by atoms with E-state index in [0.29, 0.717) is 25.3 Å². The Labute approximate surface area is 174 Å². The molecule has 0 amide bonds. The lowest BCUT2D eigenvalue weighted by Gasteiger charge is -2.29. The van der Waals surface area contributed by atoms with Gasteiger partial charge in [-0.2, -0.15) is 0 Å². The Hall–Kier alpha value is -1.72. The number of fused-ring (bicyclic) bond motifs is 3. The number of hydrogen-bond donors (Lipinski definition) is 1. The maximum Gasteiger partial charge on any atom is 0.101 e. The standard InChI is InChI=1S/C24H24BrNO2/c25-20-9-6-16(7-10-20)14-27-23-21-11-12-22(26-21)24(23)28-15-17-5-8-18-3-1-2-4-19(18)13-17/h1-10,13,21-24,26H,11-12,14-15H2/t21-,22+,23-,24+/m0/s1. The van der Waals surface area contributed by atoms with Crippen LogP contribution in [0.15, 0.2) is 71.2 Å². The molecule has 2 bridgehead atoms. The van der Waals surface area contributed by atoms with Crippen LogP contribution in [0.4, 0.5) is 0 Å². The molecule has 3 aromatic rings. The van der Waals surface area contributed by atoms with Crippen molar-refractivity contribution in [3.8, 4) is 0 Å². The van der Waals surface area contributed by atoms with Crippen LogP contribution in [0.2, 0.25) is 0 Å². The third-order valence-corrected chi connectivity index (χ3v) is 6.47. The van der Waals surface area contributed by atoms with Gasteiger partial charge in [-0.3, -0.25) is 0 Å². The van der Waals surface area contributed by atoms with Gasteiger partial charge in [0.25, 0.3) is 0 Å². The molecular weight excluding hydrogens is 414 g/mol. The van der Waals surface area contributed by atoms with Crippen molar-refractivity contribution in [3.63, 3.8) is 0 Å². The van der Waals surface area contributed by atoms with Crippen LogP contribution in [-0.2, 0) is 22.7 Å². The molecule has 0 unspecified atom stereocenters. The molecule has 144 valence electrons. The van der Waals surface area contributed by atoms with Crippen molar-refractivity contribution < 1.29 is 9.47 Å². The Bertz CT molecular complexity index is 958. The third-order valence-electron chi connectivity index (χ3n) is 5.95. The van der Waals surface area contributed by atoms with E-state index >= 15 is 0 Å². The molecule has 2 aliphatic heterocycles. The van der Waals surface area contributed by atoms with E-state index in [-0.39, 0.29) is 12.2 Å². The summed E-state index contributed by atoms with van der Waals surface area (Å²) in [6, 6.07) is 24.2. The number of hydrogen-bond acceptors (Lipinski definition) is 3. The Morgan fingerprint density at radius 3 is 2.07 bits per heavy atom. The second-order valence-corrected chi connectivity index (χ2v) is 8.73. The van der Waals surface area contributed by atoms with Crippen LogP contribution >= 0.6 is 15.9 Å². The lowest BCUT2D eigenvalue weighted by Crippen LogP contribution is -2.40. The van der Waals surface area contributed by atoms with Gasteiger partial charge in [0.15, 0.2) is 0 Å². The van der Waals surface area contributed by atoms with Crippen LogP contribution in [0.5, 0.6) is 0 Å². The Balaban J connectivity index is 1.25. The maximum absolute atomic E-state index is 6.40. The molecule has 2 aliphatic rings. The number of ether oxygens (including phenoxy) is 2. The summed E-state index contributed by atoms with van der Waals surface area (Å²) in [5, 5.41) is 6.21. The maximum atomic E-state index is 6.40. The van der Waals surface area contributed by atoms with Crippen molar-refractivity contribution >= 4 is 26.7 Å². The normalized spacial score (nSPS) is 26.2. The first kappa shape index (κ1) is 18.3. The number of benzene rings is 3. The molecule has 0 aromatic heterocycles. The van der Waals surface area contributed by atoms with Gasteiger partial charge in [0.05, 0.1) is 13.2 Å². The molecule has 28 heavy (non-hydrogen) atoms. The van der Waals surface area contributed by atoms with E-state index in [4.69, 9.17) is 9.47 Å². The van der Waals surface area contributed by atoms with Gasteiger partial charge < -0.3 is 14.8 Å². The molecule has 2 fully saturated rings. The molecule has 5 rings (SSSR count). The zero-order valence-electron chi connectivity index (χ0n) is 15.7. The molecule has 4 atom stereocenters. The molecule has 0 spiro atoms. The minimum atomic E-state index is 0.112. The SMILES string of the molecule is Brc1ccc(CO[C@@H]2[C@H](OCc3ccc4ccccc4c3)[C@H]3CC[C@@H]2N3)cc1. The van der Waals surface area contributed by atoms with Gasteiger partial charge in [0.2, 0.25) is 0 Å². The minimum Gasteiger partial charge on any atom is -0.369 e. The van der Waals surface area contributed by atoms with Crippen LogP contribution in [0.3, 0.4) is 0 Å². The highest BCUT2D eigenvalue weighted by Crippen LogP contribution is 2.34. The van der Waals surface area contributed by atoms with Crippen LogP contribution in [0.25, 0.3) is 10.8 Å². The fraction of sp³-hybridized carbons (Fsp3) is 0.333. The zero-order chi connectivity index (χ0) is 18.9. The van der Waals surface area contributed by atoms with Crippen molar-refractivity contribution in [2.24, 2.45) is 0 Å². The van der Waals surface area contributed by atoms with Crippen molar-refractivity contribution in [1.82, 2.24) is 5.32 Å². The van der Waals surface area contributed by atoms with Gasteiger partial charge in [0, 0.05) is 16.6 Å². The van der Waals surface area contributed by atoms with Gasteiger partial charge in [0.1, 0.15) is 12.2 Å². The smallest absolute Gasteiger partial charge is 0.101 e. The fourth-order valence-corrected chi connectivity index (χ4v) is 4.76. The van der Waals surface area contributed by atoms with Gasteiger partial charge in [-0.05, 0) is 52.9 Å². The second kappa shape index (κ2) is 7.96. The van der Waals surface area contributed by atoms with E-state index in [1.165, 1.54) is 34.7 Å². The summed E-state index contributed by atoms with van der Waals surface area (Å²) in [6.45, 7) is 1.25. The average Bonchev–Trinajstić information content (AvgIpc) is 3.33. The van der Waals surface area contributed by atoms with Crippen molar-refractivity contribution in [2.75, 3.05) is 0 Å². The highest BCUT2D eigenvalue weighted by atomic mass is 79.9. The van der Waals surface area contributed by atoms with Crippen LogP contribution in [0, 0.1) is 0 Å². The number of nitrogens with one attached hydrogen (secondary N) is 1. The van der Waals surface area contributed by atoms with Crippen LogP contribution in [-0.4, -0.2) is 24.3 Å². The van der Waals surface area contributed by atoms with E-state index in [1.54, 1.807) is 0 Å². The first-order valence-electron chi connectivity index (χ1n) is 9.98. The molecule has 0 aliphatic carbocycles. The largest absolute Gasteiger partial charge is 0.369 e. The van der Waals surface area contributed by atoms with Gasteiger partial charge in [-0.15, -0.1) is 0 Å². The summed E-state index contributed by atoms with van der Waals surface area (Å²) >= 11 is 3.49. The lowest BCUT2D eigenvalue weighted by molar-refractivity contribution is -0.0887.